The van der Waals surface area contributed by atoms with Gasteiger partial charge in [-0.1, -0.05) is 0 Å². The van der Waals surface area contributed by atoms with Crippen LogP contribution in [0.2, 0.25) is 0 Å². The molecule has 4 aromatic heterocycles. The van der Waals surface area contributed by atoms with E-state index in [9.17, 15) is 18.4 Å². The third kappa shape index (κ3) is 4.40. The number of thiophene rings is 1. The highest BCUT2D eigenvalue weighted by molar-refractivity contribution is 7.21. The number of hydrogen-bond donors (Lipinski definition) is 2. The van der Waals surface area contributed by atoms with E-state index in [1.807, 2.05) is 26.8 Å². The quantitative estimate of drug-likeness (QED) is 0.388. The second-order valence-electron chi connectivity index (χ2n) is 7.72. The Balaban J connectivity index is 1.82. The Bertz CT molecular complexity index is 1390. The van der Waals surface area contributed by atoms with Crippen molar-refractivity contribution in [3.8, 4) is 11.1 Å². The molecule has 4 heterocycles. The van der Waals surface area contributed by atoms with Crippen molar-refractivity contribution in [1.82, 2.24) is 24.5 Å². The lowest BCUT2D eigenvalue weighted by atomic mass is 10.0. The van der Waals surface area contributed by atoms with Crippen molar-refractivity contribution < 1.29 is 18.4 Å². The van der Waals surface area contributed by atoms with E-state index in [1.165, 1.54) is 6.07 Å². The average molecular weight is 488 g/mol. The third-order valence-corrected chi connectivity index (χ3v) is 6.53. The monoisotopic (exact) mass is 487 g/mol. The zero-order valence-corrected chi connectivity index (χ0v) is 19.6. The highest BCUT2D eigenvalue weighted by Crippen LogP contribution is 2.43. The molecule has 0 aromatic carbocycles. The van der Waals surface area contributed by atoms with Gasteiger partial charge < -0.3 is 11.1 Å². The van der Waals surface area contributed by atoms with Gasteiger partial charge in [-0.25, -0.2) is 13.8 Å². The molecule has 2 amide bonds. The molecule has 0 aliphatic heterocycles. The molecule has 0 spiro atoms. The molecule has 4 aromatic rings. The lowest BCUT2D eigenvalue weighted by Crippen LogP contribution is -2.18. The highest BCUT2D eigenvalue weighted by atomic mass is 32.1. The Hall–Kier alpha value is -3.67. The van der Waals surface area contributed by atoms with Crippen molar-refractivity contribution in [2.75, 3.05) is 5.32 Å². The minimum absolute atomic E-state index is 0.0407. The van der Waals surface area contributed by atoms with Crippen molar-refractivity contribution in [2.24, 2.45) is 5.73 Å². The summed E-state index contributed by atoms with van der Waals surface area (Å²) in [5.41, 5.74) is 7.90. The van der Waals surface area contributed by atoms with E-state index in [1.54, 1.807) is 21.8 Å². The summed E-state index contributed by atoms with van der Waals surface area (Å²) in [5, 5.41) is 11.7. The Labute approximate surface area is 197 Å². The summed E-state index contributed by atoms with van der Waals surface area (Å²) in [6.45, 7) is 6.51. The molecule has 0 bridgehead atoms. The summed E-state index contributed by atoms with van der Waals surface area (Å²) in [6.07, 6.45) is 0.607. The molecule has 0 fully saturated rings. The van der Waals surface area contributed by atoms with Gasteiger partial charge in [-0.05, 0) is 38.5 Å². The van der Waals surface area contributed by atoms with Crippen molar-refractivity contribution in [3.05, 3.63) is 46.5 Å². The number of aromatic nitrogens is 5. The average Bonchev–Trinajstić information content (AvgIpc) is 3.48. The smallest absolute Gasteiger partial charge is 0.280 e. The number of rotatable bonds is 8. The number of nitrogens with one attached hydrogen (secondary N) is 1. The number of anilines is 1. The van der Waals surface area contributed by atoms with Gasteiger partial charge in [0.2, 0.25) is 5.91 Å². The first-order valence-electron chi connectivity index (χ1n) is 10.6. The van der Waals surface area contributed by atoms with E-state index in [-0.39, 0.29) is 27.7 Å². The lowest BCUT2D eigenvalue weighted by molar-refractivity contribution is -0.116. The molecule has 0 aliphatic carbocycles. The number of hydrogen-bond acceptors (Lipinski definition) is 6. The normalized spacial score (nSPS) is 11.5. The van der Waals surface area contributed by atoms with Gasteiger partial charge in [-0.2, -0.15) is 10.2 Å². The van der Waals surface area contributed by atoms with E-state index in [2.05, 4.69) is 20.5 Å². The van der Waals surface area contributed by atoms with Gasteiger partial charge in [-0.3, -0.25) is 19.0 Å². The van der Waals surface area contributed by atoms with Crippen LogP contribution in [0.4, 0.5) is 14.5 Å². The number of pyridine rings is 1. The standard InChI is InChI=1S/C22H23F2N7O2S/c1-4-31-12(3)14(10-26-31)13-9-15(20(23)24)27-22-17(13)18(19(34-22)21(25)33)28-16(32)6-8-30-7-5-11(2)29-30/h5,7,9-10,20H,4,6,8H2,1-3H3,(H2,25,33)(H,28,32). The Morgan fingerprint density at radius 1 is 1.26 bits per heavy atom. The maximum absolute atomic E-state index is 13.7. The number of primary amides is 1. The fourth-order valence-electron chi connectivity index (χ4n) is 3.77. The molecule has 34 heavy (non-hydrogen) atoms. The first-order valence-corrected chi connectivity index (χ1v) is 11.4. The molecular weight excluding hydrogens is 464 g/mol. The Morgan fingerprint density at radius 3 is 2.62 bits per heavy atom. The van der Waals surface area contributed by atoms with E-state index in [0.29, 0.717) is 29.6 Å². The minimum atomic E-state index is -2.82. The number of fused-ring (bicyclic) bond motifs is 1. The molecule has 0 atom stereocenters. The van der Waals surface area contributed by atoms with E-state index >= 15 is 0 Å². The Morgan fingerprint density at radius 2 is 2.03 bits per heavy atom. The number of alkyl halides is 2. The van der Waals surface area contributed by atoms with Crippen molar-refractivity contribution in [1.29, 1.82) is 0 Å². The lowest BCUT2D eigenvalue weighted by Gasteiger charge is -2.11. The number of nitrogens with zero attached hydrogens (tertiary/aromatic N) is 5. The highest BCUT2D eigenvalue weighted by Gasteiger charge is 2.26. The number of carbonyl (C=O) groups is 2. The van der Waals surface area contributed by atoms with Crippen molar-refractivity contribution in [2.45, 2.75) is 46.7 Å². The first-order chi connectivity index (χ1) is 16.2. The molecule has 0 saturated heterocycles. The van der Waals surface area contributed by atoms with Crippen LogP contribution >= 0.6 is 11.3 Å². The predicted molar refractivity (Wildman–Crippen MR) is 125 cm³/mol. The minimum Gasteiger partial charge on any atom is -0.365 e. The SMILES string of the molecule is CCn1ncc(-c2cc(C(F)F)nc3sc(C(N)=O)c(NC(=O)CCn4ccc(C)n4)c23)c1C. The van der Waals surface area contributed by atoms with Crippen LogP contribution in [-0.4, -0.2) is 36.4 Å². The number of halogens is 2. The molecule has 4 rings (SSSR count). The van der Waals surface area contributed by atoms with Crippen LogP contribution < -0.4 is 11.1 Å². The zero-order valence-electron chi connectivity index (χ0n) is 18.8. The summed E-state index contributed by atoms with van der Waals surface area (Å²) in [4.78, 5) is 29.3. The van der Waals surface area contributed by atoms with Gasteiger partial charge in [0.1, 0.15) is 15.4 Å². The molecule has 0 saturated carbocycles. The molecule has 3 N–H and O–H groups in total. The molecule has 9 nitrogen and oxygen atoms in total. The van der Waals surface area contributed by atoms with Crippen molar-refractivity contribution >= 4 is 39.1 Å². The van der Waals surface area contributed by atoms with Gasteiger partial charge >= 0.3 is 0 Å². The first kappa shape index (κ1) is 23.5. The van der Waals surface area contributed by atoms with Gasteiger partial charge in [-0.15, -0.1) is 11.3 Å². The molecule has 178 valence electrons. The molecule has 0 unspecified atom stereocenters. The number of aryl methyl sites for hydroxylation is 3. The molecular formula is C22H23F2N7O2S. The summed E-state index contributed by atoms with van der Waals surface area (Å²) >= 11 is 0.872. The van der Waals surface area contributed by atoms with Crippen LogP contribution in [0.25, 0.3) is 21.3 Å². The summed E-state index contributed by atoms with van der Waals surface area (Å²) in [6, 6.07) is 3.10. The molecule has 12 heteroatoms. The fourth-order valence-corrected chi connectivity index (χ4v) is 4.78. The molecule has 0 aliphatic rings. The van der Waals surface area contributed by atoms with Crippen LogP contribution in [0.3, 0.4) is 0 Å². The number of carbonyl (C=O) groups excluding carboxylic acids is 2. The maximum Gasteiger partial charge on any atom is 0.280 e. The van der Waals surface area contributed by atoms with Crippen LogP contribution in [0.1, 0.15) is 46.5 Å². The van der Waals surface area contributed by atoms with Crippen LogP contribution in [0.15, 0.2) is 24.5 Å². The van der Waals surface area contributed by atoms with Crippen LogP contribution in [0, 0.1) is 13.8 Å². The second-order valence-corrected chi connectivity index (χ2v) is 8.72. The largest absolute Gasteiger partial charge is 0.365 e. The van der Waals surface area contributed by atoms with Gasteiger partial charge in [0, 0.05) is 42.4 Å². The van der Waals surface area contributed by atoms with Gasteiger partial charge in [0.05, 0.1) is 17.6 Å². The van der Waals surface area contributed by atoms with Gasteiger partial charge in [0.25, 0.3) is 12.3 Å². The maximum atomic E-state index is 13.7. The predicted octanol–water partition coefficient (Wildman–Crippen LogP) is 4.06. The summed E-state index contributed by atoms with van der Waals surface area (Å²) in [7, 11) is 0. The second kappa shape index (κ2) is 9.29. The molecule has 0 radical (unpaired) electrons. The van der Waals surface area contributed by atoms with Gasteiger partial charge in [0.15, 0.2) is 0 Å². The van der Waals surface area contributed by atoms with E-state index in [4.69, 9.17) is 5.73 Å². The third-order valence-electron chi connectivity index (χ3n) is 5.43. The topological polar surface area (TPSA) is 121 Å². The van der Waals surface area contributed by atoms with E-state index < -0.39 is 18.0 Å². The van der Waals surface area contributed by atoms with Crippen LogP contribution in [-0.2, 0) is 17.9 Å². The van der Waals surface area contributed by atoms with E-state index in [0.717, 1.165) is 22.7 Å². The fraction of sp³-hybridized carbons (Fsp3) is 0.318. The van der Waals surface area contributed by atoms with Crippen LogP contribution in [0.5, 0.6) is 0 Å². The van der Waals surface area contributed by atoms with Crippen molar-refractivity contribution in [3.63, 3.8) is 0 Å². The number of nitrogens with two attached hydrogens (primary N) is 1. The summed E-state index contributed by atoms with van der Waals surface area (Å²) in [5.74, 6) is -1.16. The zero-order chi connectivity index (χ0) is 24.6. The Kier molecular flexibility index (Phi) is 6.42. The number of amides is 2. The summed E-state index contributed by atoms with van der Waals surface area (Å²) < 4.78 is 30.7.